The van der Waals surface area contributed by atoms with Crippen molar-refractivity contribution in [3.8, 4) is 11.8 Å². The number of amides is 1. The number of halogens is 2. The number of carbonyl (C=O) groups is 1. The molecule has 1 N–H and O–H groups in total. The highest BCUT2D eigenvalue weighted by molar-refractivity contribution is 14.1. The zero-order valence-corrected chi connectivity index (χ0v) is 21.8. The number of nitro groups is 1. The van der Waals surface area contributed by atoms with Crippen LogP contribution in [0.25, 0.3) is 6.08 Å². The van der Waals surface area contributed by atoms with E-state index < -0.39 is 10.8 Å². The predicted molar refractivity (Wildman–Crippen MR) is 142 cm³/mol. The summed E-state index contributed by atoms with van der Waals surface area (Å²) in [6.07, 6.45) is 2.41. The molecular formula is C25H19BrIN3O4. The number of nitrogens with zero attached hydrogens (tertiary/aromatic N) is 2. The van der Waals surface area contributed by atoms with Crippen LogP contribution < -0.4 is 10.1 Å². The lowest BCUT2D eigenvalue weighted by Gasteiger charge is -2.12. The van der Waals surface area contributed by atoms with E-state index >= 15 is 0 Å². The summed E-state index contributed by atoms with van der Waals surface area (Å²) in [5, 5.41) is 23.2. The van der Waals surface area contributed by atoms with Crippen molar-refractivity contribution in [3.63, 3.8) is 0 Å². The number of anilines is 1. The van der Waals surface area contributed by atoms with Crippen molar-refractivity contribution >= 4 is 61.9 Å². The van der Waals surface area contributed by atoms with Crippen molar-refractivity contribution in [1.29, 1.82) is 5.26 Å². The fraction of sp³-hybridized carbons (Fsp3) is 0.120. The van der Waals surface area contributed by atoms with E-state index in [1.807, 2.05) is 25.1 Å². The van der Waals surface area contributed by atoms with Crippen LogP contribution in [0.1, 0.15) is 23.6 Å². The standard InChI is InChI=1S/C25H19BrIN3O4/c1-2-16-6-8-20(9-7-16)29-25(31)19(14-28)10-18-12-22(26)24(23(27)13-18)34-15-17-4-3-5-21(11-17)30(32)33/h3-13H,2,15H2,1H3,(H,29,31)/b19-10+. The van der Waals surface area contributed by atoms with Crippen molar-refractivity contribution in [2.75, 3.05) is 5.32 Å². The third kappa shape index (κ3) is 6.65. The number of non-ortho nitro benzene ring substituents is 1. The van der Waals surface area contributed by atoms with Crippen LogP contribution in [0.3, 0.4) is 0 Å². The summed E-state index contributed by atoms with van der Waals surface area (Å²) in [5.74, 6) is 0.0621. The van der Waals surface area contributed by atoms with Crippen molar-refractivity contribution in [2.45, 2.75) is 20.0 Å². The quantitative estimate of drug-likeness (QED) is 0.0985. The Bertz CT molecular complexity index is 1280. The van der Waals surface area contributed by atoms with Gasteiger partial charge in [-0.05, 0) is 92.0 Å². The SMILES string of the molecule is CCc1ccc(NC(=O)/C(C#N)=C/c2cc(Br)c(OCc3cccc([N+](=O)[O-])c3)c(I)c2)cc1. The third-order valence-corrected chi connectivity index (χ3v) is 6.21. The normalized spacial score (nSPS) is 10.9. The highest BCUT2D eigenvalue weighted by Gasteiger charge is 2.13. The largest absolute Gasteiger partial charge is 0.487 e. The summed E-state index contributed by atoms with van der Waals surface area (Å²) in [6.45, 7) is 2.20. The summed E-state index contributed by atoms with van der Waals surface area (Å²) in [5.41, 5.74) is 3.04. The van der Waals surface area contributed by atoms with Gasteiger partial charge in [0, 0.05) is 17.8 Å². The Kier molecular flexibility index (Phi) is 8.79. The molecule has 0 aliphatic heterocycles. The second-order valence-corrected chi connectivity index (χ2v) is 9.22. The van der Waals surface area contributed by atoms with Gasteiger partial charge >= 0.3 is 0 Å². The number of rotatable bonds is 8. The van der Waals surface area contributed by atoms with Gasteiger partial charge in [-0.2, -0.15) is 5.26 Å². The molecule has 0 aliphatic carbocycles. The molecule has 3 aromatic carbocycles. The topological polar surface area (TPSA) is 105 Å². The summed E-state index contributed by atoms with van der Waals surface area (Å²) in [4.78, 5) is 23.1. The fourth-order valence-corrected chi connectivity index (χ4v) is 4.82. The van der Waals surface area contributed by atoms with Gasteiger partial charge in [0.15, 0.2) is 0 Å². The number of hydrogen-bond acceptors (Lipinski definition) is 5. The molecule has 3 aromatic rings. The van der Waals surface area contributed by atoms with Crippen LogP contribution in [-0.2, 0) is 17.8 Å². The molecule has 0 heterocycles. The maximum atomic E-state index is 12.6. The van der Waals surface area contributed by atoms with Gasteiger partial charge in [-0.1, -0.05) is 31.2 Å². The Hall–Kier alpha value is -3.23. The van der Waals surface area contributed by atoms with E-state index in [1.165, 1.54) is 18.2 Å². The first-order valence-electron chi connectivity index (χ1n) is 10.2. The molecule has 0 saturated carbocycles. The summed E-state index contributed by atoms with van der Waals surface area (Å²) >= 11 is 5.57. The van der Waals surface area contributed by atoms with Gasteiger partial charge in [0.2, 0.25) is 0 Å². The molecule has 3 rings (SSSR count). The van der Waals surface area contributed by atoms with Gasteiger partial charge in [0.25, 0.3) is 11.6 Å². The van der Waals surface area contributed by atoms with Crippen LogP contribution in [0.2, 0.25) is 0 Å². The molecule has 9 heteroatoms. The minimum absolute atomic E-state index is 0.000959. The lowest BCUT2D eigenvalue weighted by Crippen LogP contribution is -2.13. The smallest absolute Gasteiger partial charge is 0.269 e. The molecule has 0 spiro atoms. The van der Waals surface area contributed by atoms with Crippen LogP contribution in [0.4, 0.5) is 11.4 Å². The van der Waals surface area contributed by atoms with Crippen molar-refractivity contribution < 1.29 is 14.5 Å². The van der Waals surface area contributed by atoms with E-state index in [0.717, 1.165) is 15.6 Å². The highest BCUT2D eigenvalue weighted by Crippen LogP contribution is 2.33. The molecule has 0 aromatic heterocycles. The summed E-state index contributed by atoms with van der Waals surface area (Å²) in [6, 6.07) is 19.2. The molecular weight excluding hydrogens is 613 g/mol. The Labute approximate surface area is 218 Å². The number of aryl methyl sites for hydroxylation is 1. The number of nitriles is 1. The minimum Gasteiger partial charge on any atom is -0.487 e. The Morgan fingerprint density at radius 1 is 1.21 bits per heavy atom. The second kappa shape index (κ2) is 11.8. The van der Waals surface area contributed by atoms with Gasteiger partial charge in [-0.15, -0.1) is 0 Å². The Morgan fingerprint density at radius 2 is 1.94 bits per heavy atom. The van der Waals surface area contributed by atoms with Crippen molar-refractivity contribution in [3.05, 3.63) is 101 Å². The van der Waals surface area contributed by atoms with Crippen LogP contribution in [0.15, 0.2) is 70.7 Å². The van der Waals surface area contributed by atoms with Crippen molar-refractivity contribution in [1.82, 2.24) is 0 Å². The molecule has 0 radical (unpaired) electrons. The summed E-state index contributed by atoms with van der Waals surface area (Å²) < 4.78 is 7.25. The van der Waals surface area contributed by atoms with E-state index in [1.54, 1.807) is 36.4 Å². The van der Waals surface area contributed by atoms with Crippen LogP contribution in [0.5, 0.6) is 5.75 Å². The van der Waals surface area contributed by atoms with E-state index in [0.29, 0.717) is 27.0 Å². The Morgan fingerprint density at radius 3 is 2.56 bits per heavy atom. The molecule has 0 bridgehead atoms. The molecule has 172 valence electrons. The van der Waals surface area contributed by atoms with Gasteiger partial charge in [-0.25, -0.2) is 0 Å². The third-order valence-electron chi connectivity index (χ3n) is 4.82. The van der Waals surface area contributed by atoms with E-state index in [9.17, 15) is 20.2 Å². The minimum atomic E-state index is -0.496. The Balaban J connectivity index is 1.75. The molecule has 0 unspecified atom stereocenters. The number of ether oxygens (including phenoxy) is 1. The molecule has 0 saturated heterocycles. The monoisotopic (exact) mass is 631 g/mol. The van der Waals surface area contributed by atoms with Gasteiger partial charge in [-0.3, -0.25) is 14.9 Å². The zero-order valence-electron chi connectivity index (χ0n) is 18.0. The second-order valence-electron chi connectivity index (χ2n) is 7.20. The van der Waals surface area contributed by atoms with Gasteiger partial charge in [0.1, 0.15) is 24.0 Å². The molecule has 0 aliphatic rings. The zero-order chi connectivity index (χ0) is 24.7. The molecule has 0 atom stereocenters. The lowest BCUT2D eigenvalue weighted by atomic mass is 10.1. The van der Waals surface area contributed by atoms with E-state index in [2.05, 4.69) is 43.8 Å². The first-order valence-corrected chi connectivity index (χ1v) is 12.0. The fourth-order valence-electron chi connectivity index (χ4n) is 3.05. The lowest BCUT2D eigenvalue weighted by molar-refractivity contribution is -0.384. The van der Waals surface area contributed by atoms with Crippen molar-refractivity contribution in [2.24, 2.45) is 0 Å². The van der Waals surface area contributed by atoms with Crippen LogP contribution >= 0.6 is 38.5 Å². The molecule has 0 fully saturated rings. The average molecular weight is 632 g/mol. The summed E-state index contributed by atoms with van der Waals surface area (Å²) in [7, 11) is 0. The predicted octanol–water partition coefficient (Wildman–Crippen LogP) is 6.65. The number of carbonyl (C=O) groups excluding carboxylic acids is 1. The van der Waals surface area contributed by atoms with Gasteiger partial charge < -0.3 is 10.1 Å². The van der Waals surface area contributed by atoms with Crippen LogP contribution in [-0.4, -0.2) is 10.8 Å². The van der Waals surface area contributed by atoms with Crippen LogP contribution in [0, 0.1) is 25.0 Å². The number of nitrogens with one attached hydrogen (secondary N) is 1. The van der Waals surface area contributed by atoms with Gasteiger partial charge in [0.05, 0.1) is 13.0 Å². The molecule has 1 amide bonds. The van der Waals surface area contributed by atoms with E-state index in [-0.39, 0.29) is 17.9 Å². The maximum absolute atomic E-state index is 12.6. The highest BCUT2D eigenvalue weighted by atomic mass is 127. The first-order chi connectivity index (χ1) is 16.3. The number of hydrogen-bond donors (Lipinski definition) is 1. The van der Waals surface area contributed by atoms with E-state index in [4.69, 9.17) is 4.74 Å². The maximum Gasteiger partial charge on any atom is 0.269 e. The first kappa shape index (κ1) is 25.4. The molecule has 34 heavy (non-hydrogen) atoms. The number of benzene rings is 3. The molecule has 7 nitrogen and oxygen atoms in total. The average Bonchev–Trinajstić information content (AvgIpc) is 2.82. The number of nitro benzene ring substituents is 1.